The van der Waals surface area contributed by atoms with Crippen LogP contribution in [0.15, 0.2) is 78.2 Å². The van der Waals surface area contributed by atoms with E-state index in [-0.39, 0.29) is 18.6 Å². The summed E-state index contributed by atoms with van der Waals surface area (Å²) in [5.74, 6) is 0.470. The van der Waals surface area contributed by atoms with Gasteiger partial charge in [0.15, 0.2) is 0 Å². The van der Waals surface area contributed by atoms with Gasteiger partial charge in [-0.1, -0.05) is 25.3 Å². The normalized spacial score (nSPS) is 14.5. The third kappa shape index (κ3) is 5.14. The maximum absolute atomic E-state index is 12.6. The molecular weight excluding hydrogens is 366 g/mol. The Hall–Kier alpha value is -3.32. The van der Waals surface area contributed by atoms with Gasteiger partial charge in [-0.25, -0.2) is 0 Å². The van der Waals surface area contributed by atoms with Crippen LogP contribution in [0, 0.1) is 0 Å². The lowest BCUT2D eigenvalue weighted by Crippen LogP contribution is -2.35. The lowest BCUT2D eigenvalue weighted by Gasteiger charge is -2.30. The second-order valence-corrected chi connectivity index (χ2v) is 7.18. The van der Waals surface area contributed by atoms with Crippen molar-refractivity contribution >= 4 is 11.6 Å². The number of pyridine rings is 1. The van der Waals surface area contributed by atoms with Crippen LogP contribution in [-0.4, -0.2) is 47.6 Å². The molecule has 0 radical (unpaired) electrons. The van der Waals surface area contributed by atoms with E-state index in [0.717, 1.165) is 33.9 Å². The van der Waals surface area contributed by atoms with Crippen LogP contribution in [0.1, 0.15) is 24.2 Å². The highest BCUT2D eigenvalue weighted by molar-refractivity contribution is 5.99. The van der Waals surface area contributed by atoms with E-state index in [0.29, 0.717) is 11.3 Å². The summed E-state index contributed by atoms with van der Waals surface area (Å²) in [6.07, 6.45) is 5.03. The van der Waals surface area contributed by atoms with Gasteiger partial charge in [-0.15, -0.1) is 0 Å². The predicted octanol–water partition coefficient (Wildman–Crippen LogP) is 2.51. The highest BCUT2D eigenvalue weighted by Gasteiger charge is 2.21. The Morgan fingerprint density at radius 3 is 2.66 bits per heavy atom. The smallest absolute Gasteiger partial charge is 0.255 e. The number of hydrogen-bond acceptors (Lipinski definition) is 6. The molecule has 1 aliphatic rings. The number of hydrogen-bond donors (Lipinski definition) is 4. The second kappa shape index (κ2) is 9.25. The Balaban J connectivity index is 2.46. The van der Waals surface area contributed by atoms with E-state index in [1.807, 2.05) is 32.0 Å². The van der Waals surface area contributed by atoms with Gasteiger partial charge in [0, 0.05) is 43.8 Å². The van der Waals surface area contributed by atoms with Crippen molar-refractivity contribution in [2.45, 2.75) is 19.9 Å². The summed E-state index contributed by atoms with van der Waals surface area (Å²) >= 11 is 0. The van der Waals surface area contributed by atoms with Crippen LogP contribution in [0.25, 0.3) is 0 Å². The van der Waals surface area contributed by atoms with E-state index in [9.17, 15) is 9.90 Å². The summed E-state index contributed by atoms with van der Waals surface area (Å²) in [5, 5.41) is 18.6. The van der Waals surface area contributed by atoms with Crippen LogP contribution in [0.2, 0.25) is 0 Å². The Morgan fingerprint density at radius 1 is 1.38 bits per heavy atom. The van der Waals surface area contributed by atoms with Crippen molar-refractivity contribution in [3.8, 4) is 0 Å². The van der Waals surface area contributed by atoms with Crippen molar-refractivity contribution in [3.63, 3.8) is 0 Å². The van der Waals surface area contributed by atoms with Gasteiger partial charge in [0.25, 0.3) is 5.91 Å². The van der Waals surface area contributed by atoms with Crippen molar-refractivity contribution in [1.82, 2.24) is 20.5 Å². The number of nitrogens with one attached hydrogen (secondary N) is 3. The molecule has 1 aromatic rings. The van der Waals surface area contributed by atoms with Gasteiger partial charge in [-0.05, 0) is 31.6 Å². The third-order valence-electron chi connectivity index (χ3n) is 4.41. The zero-order chi connectivity index (χ0) is 21.7. The van der Waals surface area contributed by atoms with Gasteiger partial charge in [0.1, 0.15) is 5.82 Å². The highest BCUT2D eigenvalue weighted by atomic mass is 16.3. The number of aliphatic hydroxyl groups is 1. The first-order valence-corrected chi connectivity index (χ1v) is 9.23. The fourth-order valence-corrected chi connectivity index (χ4v) is 2.70. The zero-order valence-corrected chi connectivity index (χ0v) is 17.5. The van der Waals surface area contributed by atoms with Gasteiger partial charge in [-0.2, -0.15) is 0 Å². The van der Waals surface area contributed by atoms with Gasteiger partial charge in [0.05, 0.1) is 23.6 Å². The molecule has 1 atom stereocenters. The van der Waals surface area contributed by atoms with E-state index in [4.69, 9.17) is 0 Å². The first-order chi connectivity index (χ1) is 13.6. The molecule has 0 spiro atoms. The summed E-state index contributed by atoms with van der Waals surface area (Å²) < 4.78 is 0. The number of rotatable bonds is 8. The zero-order valence-electron chi connectivity index (χ0n) is 17.5. The monoisotopic (exact) mass is 395 g/mol. The largest absolute Gasteiger partial charge is 0.394 e. The van der Waals surface area contributed by atoms with Crippen molar-refractivity contribution in [2.24, 2.45) is 0 Å². The molecule has 154 valence electrons. The standard InChI is InChI=1S/C22H29N5O2/c1-13(2)15(4)17-10-20(21(27(6)7)25-16(17)5)26-19-8-9-23-11-18(19)22(29)24-14(3)12-28/h8-11,14,25,28H,1,4-5,12H2,2-3,6-7H3,(H,23,26)(H,24,29). The number of aromatic nitrogens is 1. The summed E-state index contributed by atoms with van der Waals surface area (Å²) in [4.78, 5) is 18.6. The molecule has 1 amide bonds. The molecule has 0 aromatic carbocycles. The molecule has 0 aliphatic carbocycles. The average Bonchev–Trinajstić information content (AvgIpc) is 2.68. The Bertz CT molecular complexity index is 912. The van der Waals surface area contributed by atoms with Crippen LogP contribution in [0.4, 0.5) is 5.69 Å². The average molecular weight is 396 g/mol. The van der Waals surface area contributed by atoms with Crippen LogP contribution < -0.4 is 16.0 Å². The number of carbonyl (C=O) groups excluding carboxylic acids is 1. The molecule has 1 aliphatic heterocycles. The van der Waals surface area contributed by atoms with Crippen molar-refractivity contribution < 1.29 is 9.90 Å². The van der Waals surface area contributed by atoms with Crippen molar-refractivity contribution in [2.75, 3.05) is 26.0 Å². The lowest BCUT2D eigenvalue weighted by atomic mass is 9.96. The second-order valence-electron chi connectivity index (χ2n) is 7.18. The maximum Gasteiger partial charge on any atom is 0.255 e. The summed E-state index contributed by atoms with van der Waals surface area (Å²) in [6.45, 7) is 15.6. The molecule has 7 heteroatoms. The van der Waals surface area contributed by atoms with E-state index >= 15 is 0 Å². The minimum Gasteiger partial charge on any atom is -0.394 e. The Morgan fingerprint density at radius 2 is 2.07 bits per heavy atom. The molecule has 7 nitrogen and oxygen atoms in total. The molecule has 0 bridgehead atoms. The molecule has 0 saturated carbocycles. The molecule has 0 fully saturated rings. The van der Waals surface area contributed by atoms with Gasteiger partial charge in [0.2, 0.25) is 0 Å². The minimum absolute atomic E-state index is 0.147. The SMILES string of the molecule is C=C(C)C(=C)C1=CC(Nc2ccncc2C(=O)NC(C)CO)=C(N(C)C)NC1=C. The lowest BCUT2D eigenvalue weighted by molar-refractivity contribution is 0.0923. The number of allylic oxidation sites excluding steroid dienone is 3. The van der Waals surface area contributed by atoms with Crippen LogP contribution in [0.3, 0.4) is 0 Å². The number of nitrogens with zero attached hydrogens (tertiary/aromatic N) is 2. The van der Waals surface area contributed by atoms with Crippen LogP contribution >= 0.6 is 0 Å². The fourth-order valence-electron chi connectivity index (χ4n) is 2.70. The van der Waals surface area contributed by atoms with E-state index in [1.54, 1.807) is 19.2 Å². The fraction of sp³-hybridized carbons (Fsp3) is 0.273. The van der Waals surface area contributed by atoms with E-state index < -0.39 is 0 Å². The molecule has 1 unspecified atom stereocenters. The Labute approximate surface area is 172 Å². The summed E-state index contributed by atoms with van der Waals surface area (Å²) in [6, 6.07) is 1.36. The summed E-state index contributed by atoms with van der Waals surface area (Å²) in [5.41, 5.74) is 4.88. The first-order valence-electron chi connectivity index (χ1n) is 9.23. The number of aliphatic hydroxyl groups excluding tert-OH is 1. The molecule has 2 heterocycles. The van der Waals surface area contributed by atoms with Crippen molar-refractivity contribution in [1.29, 1.82) is 0 Å². The molecular formula is C22H29N5O2. The van der Waals surface area contributed by atoms with E-state index in [1.165, 1.54) is 6.20 Å². The van der Waals surface area contributed by atoms with Crippen molar-refractivity contribution in [3.05, 3.63) is 83.8 Å². The number of anilines is 1. The quantitative estimate of drug-likeness (QED) is 0.506. The number of dihydropyridines is 1. The topological polar surface area (TPSA) is 89.5 Å². The van der Waals surface area contributed by atoms with Gasteiger partial charge < -0.3 is 26.0 Å². The van der Waals surface area contributed by atoms with Crippen LogP contribution in [0.5, 0.6) is 0 Å². The van der Waals surface area contributed by atoms with Gasteiger partial charge in [-0.3, -0.25) is 9.78 Å². The maximum atomic E-state index is 12.6. The highest BCUT2D eigenvalue weighted by Crippen LogP contribution is 2.29. The Kier molecular flexibility index (Phi) is 7.01. The molecule has 0 saturated heterocycles. The molecule has 4 N–H and O–H groups in total. The minimum atomic E-state index is -0.364. The van der Waals surface area contributed by atoms with E-state index in [2.05, 4.69) is 40.7 Å². The predicted molar refractivity (Wildman–Crippen MR) is 117 cm³/mol. The first kappa shape index (κ1) is 22.0. The number of amides is 1. The molecule has 1 aromatic heterocycles. The van der Waals surface area contributed by atoms with Crippen LogP contribution in [-0.2, 0) is 0 Å². The summed E-state index contributed by atoms with van der Waals surface area (Å²) in [7, 11) is 3.82. The van der Waals surface area contributed by atoms with Gasteiger partial charge >= 0.3 is 0 Å². The molecule has 2 rings (SSSR count). The third-order valence-corrected chi connectivity index (χ3v) is 4.41. The number of carbonyl (C=O) groups is 1. The molecule has 29 heavy (non-hydrogen) atoms.